The molecule has 1 aromatic heterocycles. The van der Waals surface area contributed by atoms with Crippen molar-refractivity contribution in [2.75, 3.05) is 0 Å². The zero-order valence-electron chi connectivity index (χ0n) is 6.94. The molecule has 0 unspecified atom stereocenters. The molecule has 3 nitrogen and oxygen atoms in total. The van der Waals surface area contributed by atoms with Crippen LogP contribution in [0.15, 0.2) is 29.4 Å². The van der Waals surface area contributed by atoms with Crippen LogP contribution in [0.4, 0.5) is 0 Å². The Hall–Kier alpha value is -0.290. The topological polar surface area (TPSA) is 53.4 Å². The normalized spacial score (nSPS) is 11.4. The van der Waals surface area contributed by atoms with Gasteiger partial charge in [0.1, 0.15) is 0 Å². The zero-order chi connectivity index (χ0) is 9.61. The van der Waals surface area contributed by atoms with Crippen molar-refractivity contribution in [3.63, 3.8) is 0 Å². The van der Waals surface area contributed by atoms with Crippen molar-refractivity contribution >= 4 is 20.5 Å². The van der Waals surface area contributed by atoms with Crippen LogP contribution in [0.25, 0.3) is 0 Å². The molecule has 0 bridgehead atoms. The van der Waals surface area contributed by atoms with Crippen LogP contribution in [0, 0.1) is 0 Å². The quantitative estimate of drug-likeness (QED) is 0.746. The maximum Gasteiger partial charge on any atom is 0.0939 e. The lowest BCUT2D eigenvalue weighted by Gasteiger charge is -2.21. The molecule has 1 heterocycles. The highest BCUT2D eigenvalue weighted by Crippen LogP contribution is 2.52. The van der Waals surface area contributed by atoms with Gasteiger partial charge in [0, 0.05) is 16.9 Å². The first kappa shape index (κ1) is 11.7. The van der Waals surface area contributed by atoms with Gasteiger partial charge in [-0.25, -0.2) is 0 Å². The average Bonchev–Trinajstić information content (AvgIpc) is 2.08. The minimum Gasteiger partial charge on any atom is -0.281 e. The van der Waals surface area contributed by atoms with Gasteiger partial charge in [0.2, 0.25) is 0 Å². The fraction of sp³-hybridized carbons (Fsp3) is 0.286. The van der Waals surface area contributed by atoms with Crippen LogP contribution in [0.5, 0.6) is 0 Å². The van der Waals surface area contributed by atoms with Crippen LogP contribution in [0.3, 0.4) is 0 Å². The van der Waals surface area contributed by atoms with Gasteiger partial charge in [0.05, 0.1) is 11.1 Å². The Bertz CT molecular complexity index is 212. The van der Waals surface area contributed by atoms with Crippen LogP contribution >= 0.6 is 20.5 Å². The van der Waals surface area contributed by atoms with Crippen molar-refractivity contribution in [2.24, 2.45) is 0 Å². The first-order valence-electron chi connectivity index (χ1n) is 3.48. The highest BCUT2D eigenvalue weighted by molar-refractivity contribution is 8.43. The Kier molecular flexibility index (Phi) is 5.24. The maximum atomic E-state index is 8.85. The summed E-state index contributed by atoms with van der Waals surface area (Å²) in [6.45, 7) is 4.00. The third kappa shape index (κ3) is 3.92. The molecule has 12 heavy (non-hydrogen) atoms. The molecule has 0 saturated heterocycles. The lowest BCUT2D eigenvalue weighted by molar-refractivity contribution is 0.507. The molecule has 1 rings (SSSR count). The van der Waals surface area contributed by atoms with Crippen LogP contribution in [0.1, 0.15) is 13.8 Å². The van der Waals surface area contributed by atoms with Gasteiger partial charge in [-0.3, -0.25) is 14.1 Å². The van der Waals surface area contributed by atoms with E-state index < -0.39 is 9.80 Å². The lowest BCUT2D eigenvalue weighted by Crippen LogP contribution is -1.88. The van der Waals surface area contributed by atoms with E-state index in [0.717, 1.165) is 0 Å². The van der Waals surface area contributed by atoms with Gasteiger partial charge in [-0.1, -0.05) is 23.7 Å². The van der Waals surface area contributed by atoms with E-state index in [1.165, 1.54) is 18.5 Å². The molecule has 0 aromatic carbocycles. The zero-order valence-corrected chi connectivity index (χ0v) is 8.51. The van der Waals surface area contributed by atoms with E-state index in [1.807, 2.05) is 13.8 Å². The van der Waals surface area contributed by atoms with E-state index in [0.29, 0.717) is 0 Å². The van der Waals surface area contributed by atoms with Crippen molar-refractivity contribution in [2.45, 2.75) is 18.7 Å². The second-order valence-electron chi connectivity index (χ2n) is 1.67. The monoisotopic (exact) mass is 209 g/mol. The predicted molar refractivity (Wildman–Crippen MR) is 52.6 cm³/mol. The molecular formula is C7H12ClNO2S. The Morgan fingerprint density at radius 3 is 2.25 bits per heavy atom. The molecule has 2 N–H and O–H groups in total. The van der Waals surface area contributed by atoms with Gasteiger partial charge in [-0.2, -0.15) is 0 Å². The summed E-state index contributed by atoms with van der Waals surface area (Å²) in [6.07, 6.45) is 2.86. The smallest absolute Gasteiger partial charge is 0.0939 e. The van der Waals surface area contributed by atoms with Crippen LogP contribution in [-0.2, 0) is 0 Å². The van der Waals surface area contributed by atoms with Gasteiger partial charge in [0.25, 0.3) is 0 Å². The number of rotatable bonds is 1. The second-order valence-corrected chi connectivity index (χ2v) is 4.39. The van der Waals surface area contributed by atoms with E-state index in [1.54, 1.807) is 6.07 Å². The molecule has 0 spiro atoms. The van der Waals surface area contributed by atoms with Crippen LogP contribution < -0.4 is 0 Å². The van der Waals surface area contributed by atoms with Crippen LogP contribution in [0.2, 0.25) is 0 Å². The Morgan fingerprint density at radius 2 is 2.00 bits per heavy atom. The lowest BCUT2D eigenvalue weighted by atomic mass is 10.5. The van der Waals surface area contributed by atoms with E-state index in [2.05, 4.69) is 4.98 Å². The van der Waals surface area contributed by atoms with Gasteiger partial charge >= 0.3 is 0 Å². The molecule has 0 amide bonds. The van der Waals surface area contributed by atoms with Crippen molar-refractivity contribution < 1.29 is 9.11 Å². The molecule has 0 atom stereocenters. The minimum absolute atomic E-state index is 0.247. The first-order valence-corrected chi connectivity index (χ1v) is 5.86. The summed E-state index contributed by atoms with van der Waals surface area (Å²) in [5, 5.41) is 0. The number of nitrogens with zero attached hydrogens (tertiary/aromatic N) is 1. The van der Waals surface area contributed by atoms with Crippen molar-refractivity contribution in [3.05, 3.63) is 24.5 Å². The summed E-state index contributed by atoms with van der Waals surface area (Å²) < 4.78 is 17.7. The Labute approximate surface area is 78.3 Å². The Balaban J connectivity index is 0.000000561. The molecule has 5 heteroatoms. The summed E-state index contributed by atoms with van der Waals surface area (Å²) in [4.78, 5) is 3.91. The summed E-state index contributed by atoms with van der Waals surface area (Å²) in [5.41, 5.74) is 0. The van der Waals surface area contributed by atoms with E-state index in [9.17, 15) is 0 Å². The van der Waals surface area contributed by atoms with Crippen molar-refractivity contribution in [1.82, 2.24) is 4.98 Å². The maximum absolute atomic E-state index is 8.85. The third-order valence-corrected chi connectivity index (χ3v) is 2.31. The summed E-state index contributed by atoms with van der Waals surface area (Å²) >= 11 is 0. The highest BCUT2D eigenvalue weighted by atomic mass is 35.7. The SMILES string of the molecule is CC.OS(O)(Cl)c1cccnc1. The molecule has 0 aliphatic carbocycles. The van der Waals surface area contributed by atoms with Gasteiger partial charge in [-0.15, -0.1) is 0 Å². The standard InChI is InChI=1S/C5H6ClNO2S.C2H6/c6-10(8,9)5-2-1-3-7-4-5;1-2/h1-4,8-9H;1-2H3. The van der Waals surface area contributed by atoms with Gasteiger partial charge in [0.15, 0.2) is 0 Å². The molecule has 0 aliphatic heterocycles. The summed E-state index contributed by atoms with van der Waals surface area (Å²) in [6, 6.07) is 3.10. The number of pyridine rings is 1. The van der Waals surface area contributed by atoms with E-state index in [-0.39, 0.29) is 4.90 Å². The predicted octanol–water partition coefficient (Wildman–Crippen LogP) is 3.37. The second kappa shape index (κ2) is 5.37. The highest BCUT2D eigenvalue weighted by Gasteiger charge is 2.09. The number of aromatic nitrogens is 1. The number of halogens is 1. The number of hydrogen-bond donors (Lipinski definition) is 2. The minimum atomic E-state index is -3.09. The molecule has 1 aromatic rings. The largest absolute Gasteiger partial charge is 0.281 e. The summed E-state index contributed by atoms with van der Waals surface area (Å²) in [7, 11) is 2.12. The van der Waals surface area contributed by atoms with Gasteiger partial charge < -0.3 is 0 Å². The summed E-state index contributed by atoms with van der Waals surface area (Å²) in [5.74, 6) is 0. The van der Waals surface area contributed by atoms with Crippen molar-refractivity contribution in [1.29, 1.82) is 0 Å². The van der Waals surface area contributed by atoms with Crippen molar-refractivity contribution in [3.8, 4) is 0 Å². The van der Waals surface area contributed by atoms with E-state index in [4.69, 9.17) is 19.8 Å². The fourth-order valence-electron chi connectivity index (χ4n) is 0.501. The number of hydrogen-bond acceptors (Lipinski definition) is 3. The molecule has 70 valence electrons. The molecule has 0 fully saturated rings. The molecular weight excluding hydrogens is 198 g/mol. The molecule has 0 saturated carbocycles. The van der Waals surface area contributed by atoms with Gasteiger partial charge in [-0.05, 0) is 12.1 Å². The average molecular weight is 210 g/mol. The van der Waals surface area contributed by atoms with Crippen LogP contribution in [-0.4, -0.2) is 14.1 Å². The van der Waals surface area contributed by atoms with E-state index >= 15 is 0 Å². The first-order chi connectivity index (χ1) is 5.61. The molecule has 0 radical (unpaired) electrons. The Morgan fingerprint density at radius 1 is 1.42 bits per heavy atom. The fourth-order valence-corrected chi connectivity index (χ4v) is 1.22. The third-order valence-electron chi connectivity index (χ3n) is 0.934. The molecule has 0 aliphatic rings.